The van der Waals surface area contributed by atoms with Crippen LogP contribution in [-0.4, -0.2) is 9.97 Å². The third kappa shape index (κ3) is 3.10. The molecule has 82 valence electrons. The molecular weight excluding hydrogens is 205 g/mol. The molecule has 0 spiro atoms. The van der Waals surface area contributed by atoms with Gasteiger partial charge in [0.1, 0.15) is 5.82 Å². The van der Waals surface area contributed by atoms with Crippen molar-refractivity contribution in [2.75, 3.05) is 0 Å². The van der Waals surface area contributed by atoms with Crippen LogP contribution in [0.3, 0.4) is 0 Å². The second kappa shape index (κ2) is 5.32. The van der Waals surface area contributed by atoms with Crippen LogP contribution in [0.5, 0.6) is 0 Å². The summed E-state index contributed by atoms with van der Waals surface area (Å²) in [4.78, 5) is 7.79. The highest BCUT2D eigenvalue weighted by Crippen LogP contribution is 2.01. The molecule has 3 nitrogen and oxygen atoms in total. The summed E-state index contributed by atoms with van der Waals surface area (Å²) < 4.78 is 12.8. The lowest BCUT2D eigenvalue weighted by Gasteiger charge is -2.04. The summed E-state index contributed by atoms with van der Waals surface area (Å²) in [5.74, 6) is -0.305. The summed E-state index contributed by atoms with van der Waals surface area (Å²) in [6, 6.07) is 5.35. The maximum Gasteiger partial charge on any atom is 0.141 e. The second-order valence-corrected chi connectivity index (χ2v) is 3.48. The van der Waals surface area contributed by atoms with Gasteiger partial charge in [-0.3, -0.25) is 9.97 Å². The molecule has 2 aromatic heterocycles. The monoisotopic (exact) mass is 217 g/mol. The minimum atomic E-state index is -0.305. The molecule has 0 saturated carbocycles. The molecule has 0 amide bonds. The first-order valence-electron chi connectivity index (χ1n) is 5.03. The Hall–Kier alpha value is -1.81. The SMILES string of the molecule is Fc1cncc(CNCc2cccnc2)c1. The van der Waals surface area contributed by atoms with E-state index >= 15 is 0 Å². The average Bonchev–Trinajstić information content (AvgIpc) is 2.30. The predicted octanol–water partition coefficient (Wildman–Crippen LogP) is 1.91. The maximum absolute atomic E-state index is 12.8. The lowest BCUT2D eigenvalue weighted by molar-refractivity contribution is 0.612. The van der Waals surface area contributed by atoms with E-state index in [1.54, 1.807) is 18.6 Å². The smallest absolute Gasteiger partial charge is 0.141 e. The number of nitrogens with zero attached hydrogens (tertiary/aromatic N) is 2. The lowest BCUT2D eigenvalue weighted by atomic mass is 10.2. The van der Waals surface area contributed by atoms with Gasteiger partial charge in [0.05, 0.1) is 6.20 Å². The third-order valence-corrected chi connectivity index (χ3v) is 2.14. The molecule has 16 heavy (non-hydrogen) atoms. The molecule has 0 unspecified atom stereocenters. The molecule has 0 bridgehead atoms. The van der Waals surface area contributed by atoms with Crippen molar-refractivity contribution in [2.24, 2.45) is 0 Å². The fourth-order valence-electron chi connectivity index (χ4n) is 1.41. The van der Waals surface area contributed by atoms with Crippen LogP contribution in [-0.2, 0) is 13.1 Å². The molecule has 0 aliphatic rings. The number of rotatable bonds is 4. The van der Waals surface area contributed by atoms with Crippen LogP contribution in [0.25, 0.3) is 0 Å². The number of pyridine rings is 2. The molecule has 1 N–H and O–H groups in total. The van der Waals surface area contributed by atoms with Crippen LogP contribution in [0.15, 0.2) is 43.0 Å². The molecule has 0 aliphatic heterocycles. The summed E-state index contributed by atoms with van der Waals surface area (Å²) in [5.41, 5.74) is 1.94. The van der Waals surface area contributed by atoms with Crippen LogP contribution in [0.1, 0.15) is 11.1 Å². The van der Waals surface area contributed by atoms with Crippen molar-refractivity contribution in [1.82, 2.24) is 15.3 Å². The van der Waals surface area contributed by atoms with Crippen LogP contribution in [0.4, 0.5) is 4.39 Å². The van der Waals surface area contributed by atoms with Gasteiger partial charge in [-0.25, -0.2) is 4.39 Å². The van der Waals surface area contributed by atoms with Gasteiger partial charge in [-0.15, -0.1) is 0 Å². The molecule has 2 rings (SSSR count). The Morgan fingerprint density at radius 1 is 1.06 bits per heavy atom. The van der Waals surface area contributed by atoms with Crippen LogP contribution in [0.2, 0.25) is 0 Å². The third-order valence-electron chi connectivity index (χ3n) is 2.14. The van der Waals surface area contributed by atoms with Crippen LogP contribution >= 0.6 is 0 Å². The molecule has 0 fully saturated rings. The molecule has 0 radical (unpaired) electrons. The van der Waals surface area contributed by atoms with E-state index in [4.69, 9.17) is 0 Å². The minimum Gasteiger partial charge on any atom is -0.309 e. The van der Waals surface area contributed by atoms with E-state index in [0.29, 0.717) is 13.1 Å². The Balaban J connectivity index is 1.85. The van der Waals surface area contributed by atoms with Crippen LogP contribution < -0.4 is 5.32 Å². The standard InChI is InChI=1S/C12H12FN3/c13-12-4-11(8-16-9-12)7-15-6-10-2-1-3-14-5-10/h1-5,8-9,15H,6-7H2. The largest absolute Gasteiger partial charge is 0.309 e. The molecule has 2 aromatic rings. The topological polar surface area (TPSA) is 37.8 Å². The van der Waals surface area contributed by atoms with Crippen molar-refractivity contribution < 1.29 is 4.39 Å². The van der Waals surface area contributed by atoms with Gasteiger partial charge in [0, 0.05) is 31.7 Å². The van der Waals surface area contributed by atoms with Crippen molar-refractivity contribution in [3.05, 3.63) is 59.9 Å². The number of hydrogen-bond donors (Lipinski definition) is 1. The zero-order valence-corrected chi connectivity index (χ0v) is 8.73. The fourth-order valence-corrected chi connectivity index (χ4v) is 1.41. The lowest BCUT2D eigenvalue weighted by Crippen LogP contribution is -2.13. The zero-order chi connectivity index (χ0) is 11.2. The van der Waals surface area contributed by atoms with Gasteiger partial charge < -0.3 is 5.32 Å². The van der Waals surface area contributed by atoms with Gasteiger partial charge in [0.25, 0.3) is 0 Å². The molecule has 0 atom stereocenters. The Labute approximate surface area is 93.4 Å². The highest BCUT2D eigenvalue weighted by molar-refractivity contribution is 5.11. The van der Waals surface area contributed by atoms with Crippen molar-refractivity contribution in [3.63, 3.8) is 0 Å². The Bertz CT molecular complexity index is 445. The number of aromatic nitrogens is 2. The highest BCUT2D eigenvalue weighted by atomic mass is 19.1. The Morgan fingerprint density at radius 3 is 2.62 bits per heavy atom. The van der Waals surface area contributed by atoms with Gasteiger partial charge in [-0.05, 0) is 23.3 Å². The molecule has 0 aliphatic carbocycles. The summed E-state index contributed by atoms with van der Waals surface area (Å²) >= 11 is 0. The van der Waals surface area contributed by atoms with E-state index in [9.17, 15) is 4.39 Å². The van der Waals surface area contributed by atoms with Gasteiger partial charge in [0.15, 0.2) is 0 Å². The first-order valence-corrected chi connectivity index (χ1v) is 5.03. The van der Waals surface area contributed by atoms with Gasteiger partial charge >= 0.3 is 0 Å². The zero-order valence-electron chi connectivity index (χ0n) is 8.73. The first-order chi connectivity index (χ1) is 7.84. The highest BCUT2D eigenvalue weighted by Gasteiger charge is 1.96. The van der Waals surface area contributed by atoms with Crippen molar-refractivity contribution in [3.8, 4) is 0 Å². The van der Waals surface area contributed by atoms with Crippen LogP contribution in [0, 0.1) is 5.82 Å². The molecule has 4 heteroatoms. The predicted molar refractivity (Wildman–Crippen MR) is 59.0 cm³/mol. The van der Waals surface area contributed by atoms with Gasteiger partial charge in [-0.1, -0.05) is 6.07 Å². The minimum absolute atomic E-state index is 0.305. The summed E-state index contributed by atoms with van der Waals surface area (Å²) in [6.07, 6.45) is 6.39. The fraction of sp³-hybridized carbons (Fsp3) is 0.167. The van der Waals surface area contributed by atoms with E-state index in [1.807, 2.05) is 12.1 Å². The number of hydrogen-bond acceptors (Lipinski definition) is 3. The first kappa shape index (κ1) is 10.7. The summed E-state index contributed by atoms with van der Waals surface area (Å²) in [5, 5.41) is 3.20. The van der Waals surface area contributed by atoms with E-state index in [0.717, 1.165) is 11.1 Å². The summed E-state index contributed by atoms with van der Waals surface area (Å²) in [7, 11) is 0. The Morgan fingerprint density at radius 2 is 1.88 bits per heavy atom. The molecule has 0 saturated heterocycles. The molecular formula is C12H12FN3. The normalized spacial score (nSPS) is 10.3. The number of halogens is 1. The van der Waals surface area contributed by atoms with E-state index in [-0.39, 0.29) is 5.82 Å². The quantitative estimate of drug-likeness (QED) is 0.850. The van der Waals surface area contributed by atoms with E-state index in [1.165, 1.54) is 12.3 Å². The van der Waals surface area contributed by atoms with E-state index in [2.05, 4.69) is 15.3 Å². The number of nitrogens with one attached hydrogen (secondary N) is 1. The average molecular weight is 217 g/mol. The molecule has 2 heterocycles. The maximum atomic E-state index is 12.8. The molecule has 0 aromatic carbocycles. The summed E-state index contributed by atoms with van der Waals surface area (Å²) in [6.45, 7) is 1.31. The van der Waals surface area contributed by atoms with Gasteiger partial charge in [0.2, 0.25) is 0 Å². The van der Waals surface area contributed by atoms with Crippen molar-refractivity contribution >= 4 is 0 Å². The van der Waals surface area contributed by atoms with Gasteiger partial charge in [-0.2, -0.15) is 0 Å². The van der Waals surface area contributed by atoms with E-state index < -0.39 is 0 Å². The Kier molecular flexibility index (Phi) is 3.56. The second-order valence-electron chi connectivity index (χ2n) is 3.48. The van der Waals surface area contributed by atoms with Crippen molar-refractivity contribution in [2.45, 2.75) is 13.1 Å². The van der Waals surface area contributed by atoms with Crippen molar-refractivity contribution in [1.29, 1.82) is 0 Å².